The lowest BCUT2D eigenvalue weighted by Crippen LogP contribution is -2.51. The van der Waals surface area contributed by atoms with Gasteiger partial charge in [-0.3, -0.25) is 4.90 Å². The Kier molecular flexibility index (Phi) is 8.54. The highest BCUT2D eigenvalue weighted by atomic mass is 35.5. The zero-order chi connectivity index (χ0) is 29.2. The summed E-state index contributed by atoms with van der Waals surface area (Å²) in [5.41, 5.74) is -0.197. The Morgan fingerprint density at radius 2 is 1.95 bits per heavy atom. The first kappa shape index (κ1) is 29.5. The third-order valence-corrected chi connectivity index (χ3v) is 7.24. The van der Waals surface area contributed by atoms with Crippen LogP contribution in [0.1, 0.15) is 47.1 Å². The van der Waals surface area contributed by atoms with E-state index in [1.54, 1.807) is 52.8 Å². The second kappa shape index (κ2) is 11.6. The van der Waals surface area contributed by atoms with Gasteiger partial charge in [-0.05, 0) is 65.8 Å². The molecule has 0 saturated carbocycles. The van der Waals surface area contributed by atoms with Crippen molar-refractivity contribution in [2.45, 2.75) is 58.9 Å². The summed E-state index contributed by atoms with van der Waals surface area (Å²) in [6.07, 6.45) is -0.543. The van der Waals surface area contributed by atoms with Crippen LogP contribution in [-0.4, -0.2) is 58.4 Å². The van der Waals surface area contributed by atoms with Crippen LogP contribution < -0.4 is 9.47 Å². The summed E-state index contributed by atoms with van der Waals surface area (Å²) in [7, 11) is 0. The number of ether oxygens (including phenoxy) is 4. The largest absolute Gasteiger partial charge is 0.492 e. The molecule has 9 nitrogen and oxygen atoms in total. The molecule has 12 heteroatoms. The molecule has 1 fully saturated rings. The summed E-state index contributed by atoms with van der Waals surface area (Å²) in [6.45, 7) is 11.3. The van der Waals surface area contributed by atoms with Crippen molar-refractivity contribution in [3.63, 3.8) is 0 Å². The normalized spacial score (nSPS) is 16.5. The Balaban J connectivity index is 1.51. The molecule has 40 heavy (non-hydrogen) atoms. The minimum atomic E-state index is -0.913. The highest BCUT2D eigenvalue weighted by Gasteiger charge is 2.46. The van der Waals surface area contributed by atoms with Gasteiger partial charge in [-0.2, -0.15) is 5.26 Å². The van der Waals surface area contributed by atoms with Crippen LogP contribution in [0.4, 0.5) is 9.18 Å². The molecule has 4 rings (SSSR count). The number of benzene rings is 2. The second-order valence-corrected chi connectivity index (χ2v) is 11.9. The maximum absolute atomic E-state index is 15.2. The van der Waals surface area contributed by atoms with Gasteiger partial charge >= 0.3 is 6.09 Å². The summed E-state index contributed by atoms with van der Waals surface area (Å²) < 4.78 is 37.7. The Labute approximate surface area is 241 Å². The van der Waals surface area contributed by atoms with Gasteiger partial charge < -0.3 is 18.9 Å². The lowest BCUT2D eigenvalue weighted by molar-refractivity contribution is -0.0637. The van der Waals surface area contributed by atoms with Gasteiger partial charge in [-0.1, -0.05) is 22.9 Å². The van der Waals surface area contributed by atoms with E-state index in [4.69, 9.17) is 30.5 Å². The number of nitrogens with zero attached hydrogens (tertiary/aromatic N) is 4. The third-order valence-electron chi connectivity index (χ3n) is 5.92. The Morgan fingerprint density at radius 1 is 1.23 bits per heavy atom. The molecule has 0 radical (unpaired) electrons. The van der Waals surface area contributed by atoms with Gasteiger partial charge in [-0.25, -0.2) is 9.18 Å². The fraction of sp³-hybridized carbons (Fsp3) is 0.429. The molecule has 2 aromatic carbocycles. The van der Waals surface area contributed by atoms with Crippen molar-refractivity contribution in [3.05, 3.63) is 46.7 Å². The quantitative estimate of drug-likeness (QED) is 0.301. The van der Waals surface area contributed by atoms with Crippen LogP contribution in [0, 0.1) is 17.1 Å². The zero-order valence-corrected chi connectivity index (χ0v) is 24.7. The van der Waals surface area contributed by atoms with Crippen molar-refractivity contribution in [3.8, 4) is 38.7 Å². The minimum absolute atomic E-state index is 0.0306. The Morgan fingerprint density at radius 3 is 2.62 bits per heavy atom. The second-order valence-electron chi connectivity index (χ2n) is 10.5. The highest BCUT2D eigenvalue weighted by Crippen LogP contribution is 2.38. The van der Waals surface area contributed by atoms with Crippen LogP contribution in [0.3, 0.4) is 0 Å². The minimum Gasteiger partial charge on any atom is -0.492 e. The SMILES string of the molecule is CCOc1ccc(-c2nnc(-c3cc(F)c(OC[C@H]4COC(C)(C)N4C(=O)OC(C)(C)C)cc3Cl)s2)cc1C#N. The van der Waals surface area contributed by atoms with Crippen molar-refractivity contribution >= 4 is 29.0 Å². The van der Waals surface area contributed by atoms with Crippen LogP contribution in [0.15, 0.2) is 30.3 Å². The van der Waals surface area contributed by atoms with E-state index in [9.17, 15) is 10.1 Å². The summed E-state index contributed by atoms with van der Waals surface area (Å²) >= 11 is 7.72. The average molecular weight is 589 g/mol. The number of hydrogen-bond acceptors (Lipinski definition) is 9. The first-order valence-electron chi connectivity index (χ1n) is 12.6. The topological polar surface area (TPSA) is 107 Å². The van der Waals surface area contributed by atoms with E-state index < -0.39 is 29.3 Å². The Hall–Kier alpha value is -3.46. The molecule has 0 aliphatic carbocycles. The van der Waals surface area contributed by atoms with Gasteiger partial charge in [0.05, 0.1) is 29.8 Å². The molecule has 212 valence electrons. The van der Waals surface area contributed by atoms with Gasteiger partial charge in [0, 0.05) is 17.2 Å². The lowest BCUT2D eigenvalue weighted by Gasteiger charge is -2.35. The van der Waals surface area contributed by atoms with Crippen LogP contribution >= 0.6 is 22.9 Å². The number of hydrogen-bond donors (Lipinski definition) is 0. The van der Waals surface area contributed by atoms with Crippen molar-refractivity contribution in [2.24, 2.45) is 0 Å². The zero-order valence-electron chi connectivity index (χ0n) is 23.1. The molecule has 1 aromatic heterocycles. The molecule has 0 spiro atoms. The van der Waals surface area contributed by atoms with Crippen LogP contribution in [-0.2, 0) is 9.47 Å². The Bertz CT molecular complexity index is 1450. The van der Waals surface area contributed by atoms with Crippen LogP contribution in [0.2, 0.25) is 5.02 Å². The number of carbonyl (C=O) groups excluding carboxylic acids is 1. The van der Waals surface area contributed by atoms with E-state index in [0.717, 1.165) is 0 Å². The standard InChI is InChI=1S/C28H30ClFN4O5S/c1-7-36-22-9-8-16(10-17(22)13-31)24-32-33-25(40-24)19-11-21(30)23(12-20(19)29)37-14-18-15-38-28(5,6)34(18)26(35)39-27(2,3)4/h8-12,18H,7,14-15H2,1-6H3/t18-/m0/s1. The van der Waals surface area contributed by atoms with E-state index >= 15 is 4.39 Å². The predicted octanol–water partition coefficient (Wildman–Crippen LogP) is 6.69. The number of nitriles is 1. The van der Waals surface area contributed by atoms with Crippen molar-refractivity contribution in [1.82, 2.24) is 15.1 Å². The van der Waals surface area contributed by atoms with Crippen molar-refractivity contribution in [1.29, 1.82) is 5.26 Å². The molecule has 1 aliphatic heterocycles. The van der Waals surface area contributed by atoms with E-state index in [1.165, 1.54) is 28.4 Å². The molecule has 0 unspecified atom stereocenters. The third kappa shape index (κ3) is 6.46. The number of halogens is 2. The lowest BCUT2D eigenvalue weighted by atomic mass is 10.1. The maximum atomic E-state index is 15.2. The maximum Gasteiger partial charge on any atom is 0.413 e. The van der Waals surface area contributed by atoms with Gasteiger partial charge in [-0.15, -0.1) is 10.2 Å². The summed E-state index contributed by atoms with van der Waals surface area (Å²) in [5.74, 6) is -0.232. The fourth-order valence-electron chi connectivity index (χ4n) is 4.16. The van der Waals surface area contributed by atoms with Crippen LogP contribution in [0.25, 0.3) is 21.1 Å². The number of rotatable bonds is 7. The molecule has 1 amide bonds. The van der Waals surface area contributed by atoms with Gasteiger partial charge in [0.25, 0.3) is 0 Å². The number of aromatic nitrogens is 2. The van der Waals surface area contributed by atoms with Gasteiger partial charge in [0.1, 0.15) is 39.8 Å². The van der Waals surface area contributed by atoms with E-state index in [-0.39, 0.29) is 24.0 Å². The highest BCUT2D eigenvalue weighted by molar-refractivity contribution is 7.18. The molecule has 0 N–H and O–H groups in total. The van der Waals surface area contributed by atoms with E-state index in [0.29, 0.717) is 39.1 Å². The van der Waals surface area contributed by atoms with Crippen LogP contribution in [0.5, 0.6) is 11.5 Å². The van der Waals surface area contributed by atoms with E-state index in [2.05, 4.69) is 16.3 Å². The first-order chi connectivity index (χ1) is 18.8. The molecular formula is C28H30ClFN4O5S. The van der Waals surface area contributed by atoms with E-state index in [1.807, 2.05) is 6.92 Å². The number of amides is 1. The summed E-state index contributed by atoms with van der Waals surface area (Å²) in [4.78, 5) is 14.3. The number of carbonyl (C=O) groups is 1. The fourth-order valence-corrected chi connectivity index (χ4v) is 5.33. The van der Waals surface area contributed by atoms with Crippen molar-refractivity contribution in [2.75, 3.05) is 19.8 Å². The van der Waals surface area contributed by atoms with Gasteiger partial charge in [0.2, 0.25) is 0 Å². The predicted molar refractivity (Wildman–Crippen MR) is 149 cm³/mol. The average Bonchev–Trinajstić information content (AvgIpc) is 3.48. The summed E-state index contributed by atoms with van der Waals surface area (Å²) in [5, 5.41) is 19.0. The molecule has 1 atom stereocenters. The first-order valence-corrected chi connectivity index (χ1v) is 13.8. The molecule has 2 heterocycles. The smallest absolute Gasteiger partial charge is 0.413 e. The molecule has 0 bridgehead atoms. The monoisotopic (exact) mass is 588 g/mol. The van der Waals surface area contributed by atoms with Gasteiger partial charge in [0.15, 0.2) is 11.6 Å². The molecule has 1 aliphatic rings. The summed E-state index contributed by atoms with van der Waals surface area (Å²) in [6, 6.07) is 9.38. The molecule has 1 saturated heterocycles. The van der Waals surface area contributed by atoms with Crippen molar-refractivity contribution < 1.29 is 28.1 Å². The molecule has 3 aromatic rings. The molecular weight excluding hydrogens is 559 g/mol.